The van der Waals surface area contributed by atoms with Crippen molar-refractivity contribution in [2.75, 3.05) is 36.4 Å². The number of rotatable bonds is 7. The summed E-state index contributed by atoms with van der Waals surface area (Å²) < 4.78 is 1.67. The summed E-state index contributed by atoms with van der Waals surface area (Å²) in [5.74, 6) is 0.443. The molecular formula is C32H34ClN7O. The Morgan fingerprint density at radius 2 is 1.78 bits per heavy atom. The predicted octanol–water partition coefficient (Wildman–Crippen LogP) is 6.40. The van der Waals surface area contributed by atoms with E-state index in [1.54, 1.807) is 10.8 Å². The summed E-state index contributed by atoms with van der Waals surface area (Å²) >= 11 is 6.69. The van der Waals surface area contributed by atoms with Crippen LogP contribution >= 0.6 is 11.6 Å². The molecule has 1 saturated heterocycles. The van der Waals surface area contributed by atoms with Crippen LogP contribution in [0.1, 0.15) is 20.8 Å². The van der Waals surface area contributed by atoms with Crippen LogP contribution in [0.15, 0.2) is 77.9 Å². The van der Waals surface area contributed by atoms with Crippen LogP contribution in [0.2, 0.25) is 5.02 Å². The fraction of sp³-hybridized carbons (Fsp3) is 0.281. The first-order valence-electron chi connectivity index (χ1n) is 14.1. The van der Waals surface area contributed by atoms with Crippen molar-refractivity contribution >= 4 is 40.0 Å². The van der Waals surface area contributed by atoms with Crippen LogP contribution < -0.4 is 15.8 Å². The van der Waals surface area contributed by atoms with Gasteiger partial charge in [-0.3, -0.25) is 14.3 Å². The third-order valence-corrected chi connectivity index (χ3v) is 8.16. The zero-order valence-corrected chi connectivity index (χ0v) is 24.3. The molecule has 0 saturated carbocycles. The largest absolute Gasteiger partial charge is 0.369 e. The number of aromatic amines is 1. The van der Waals surface area contributed by atoms with E-state index in [4.69, 9.17) is 16.6 Å². The van der Waals surface area contributed by atoms with Gasteiger partial charge in [-0.25, -0.2) is 4.98 Å². The van der Waals surface area contributed by atoms with Crippen molar-refractivity contribution in [1.82, 2.24) is 24.4 Å². The predicted molar refractivity (Wildman–Crippen MR) is 168 cm³/mol. The summed E-state index contributed by atoms with van der Waals surface area (Å²) in [5, 5.41) is 4.59. The molecule has 0 unspecified atom stereocenters. The summed E-state index contributed by atoms with van der Waals surface area (Å²) in [4.78, 5) is 31.0. The van der Waals surface area contributed by atoms with Crippen LogP contribution in [-0.4, -0.2) is 56.6 Å². The molecule has 2 aromatic carbocycles. The van der Waals surface area contributed by atoms with Gasteiger partial charge in [-0.05, 0) is 74.9 Å². The molecule has 5 aromatic rings. The van der Waals surface area contributed by atoms with Gasteiger partial charge in [0.05, 0.1) is 0 Å². The van der Waals surface area contributed by atoms with E-state index >= 15 is 0 Å². The first-order chi connectivity index (χ1) is 19.9. The summed E-state index contributed by atoms with van der Waals surface area (Å²) in [7, 11) is 0. The van der Waals surface area contributed by atoms with Gasteiger partial charge < -0.3 is 15.2 Å². The average Bonchev–Trinajstić information content (AvgIpc) is 3.53. The van der Waals surface area contributed by atoms with E-state index in [1.165, 1.54) is 5.69 Å². The highest BCUT2D eigenvalue weighted by atomic mass is 35.5. The average molecular weight is 568 g/mol. The number of halogens is 1. The monoisotopic (exact) mass is 567 g/mol. The number of aryl methyl sites for hydroxylation is 1. The number of fused-ring (bicyclic) bond motifs is 1. The van der Waals surface area contributed by atoms with Crippen molar-refractivity contribution in [3.63, 3.8) is 0 Å². The Balaban J connectivity index is 1.24. The zero-order chi connectivity index (χ0) is 28.5. The van der Waals surface area contributed by atoms with Crippen molar-refractivity contribution in [2.45, 2.75) is 33.4 Å². The van der Waals surface area contributed by atoms with Gasteiger partial charge in [0.1, 0.15) is 5.65 Å². The van der Waals surface area contributed by atoms with E-state index in [2.05, 4.69) is 51.1 Å². The SMILES string of the molecule is CCn1c(=O)c(-c2ccc(-c3ccc[nH]3)cc2Cl)cc2cnc(Nc3ccc(N4CCN(C(C)C)CC4)cc3)nc21. The van der Waals surface area contributed by atoms with Crippen LogP contribution in [0.3, 0.4) is 0 Å². The highest BCUT2D eigenvalue weighted by molar-refractivity contribution is 6.33. The number of piperazine rings is 1. The number of nitrogens with one attached hydrogen (secondary N) is 2. The van der Waals surface area contributed by atoms with E-state index in [9.17, 15) is 4.79 Å². The molecule has 210 valence electrons. The maximum Gasteiger partial charge on any atom is 0.260 e. The van der Waals surface area contributed by atoms with Gasteiger partial charge in [-0.1, -0.05) is 23.7 Å². The molecular weight excluding hydrogens is 534 g/mol. The molecule has 2 N–H and O–H groups in total. The minimum absolute atomic E-state index is 0.138. The molecule has 8 nitrogen and oxygen atoms in total. The molecule has 0 spiro atoms. The number of H-pyrrole nitrogens is 1. The van der Waals surface area contributed by atoms with Crippen LogP contribution in [-0.2, 0) is 6.54 Å². The van der Waals surface area contributed by atoms with E-state index in [-0.39, 0.29) is 5.56 Å². The Morgan fingerprint density at radius 1 is 1.00 bits per heavy atom. The second kappa shape index (κ2) is 11.4. The van der Waals surface area contributed by atoms with Crippen LogP contribution in [0.4, 0.5) is 17.3 Å². The van der Waals surface area contributed by atoms with Gasteiger partial charge in [0.25, 0.3) is 5.56 Å². The van der Waals surface area contributed by atoms with E-state index in [0.717, 1.165) is 48.5 Å². The zero-order valence-electron chi connectivity index (χ0n) is 23.6. The number of hydrogen-bond acceptors (Lipinski definition) is 6. The molecule has 0 aliphatic carbocycles. The van der Waals surface area contributed by atoms with E-state index in [1.807, 2.05) is 61.7 Å². The van der Waals surface area contributed by atoms with Crippen LogP contribution in [0.5, 0.6) is 0 Å². The van der Waals surface area contributed by atoms with Crippen LogP contribution in [0, 0.1) is 0 Å². The second-order valence-electron chi connectivity index (χ2n) is 10.6. The van der Waals surface area contributed by atoms with Crippen molar-refractivity contribution in [2.24, 2.45) is 0 Å². The molecule has 6 rings (SSSR count). The first kappa shape index (κ1) is 27.1. The molecule has 1 aliphatic heterocycles. The Hall–Kier alpha value is -4.14. The van der Waals surface area contributed by atoms with Crippen molar-refractivity contribution in [1.29, 1.82) is 0 Å². The number of hydrogen-bond donors (Lipinski definition) is 2. The number of nitrogens with zero attached hydrogens (tertiary/aromatic N) is 5. The molecule has 9 heteroatoms. The normalized spacial score (nSPS) is 14.2. The van der Waals surface area contributed by atoms with Gasteiger partial charge >= 0.3 is 0 Å². The third kappa shape index (κ3) is 5.45. The summed E-state index contributed by atoms with van der Waals surface area (Å²) in [6, 6.07) is 20.4. The van der Waals surface area contributed by atoms with Crippen molar-refractivity contribution in [3.05, 3.63) is 88.4 Å². The lowest BCUT2D eigenvalue weighted by Crippen LogP contribution is -2.48. The lowest BCUT2D eigenvalue weighted by molar-refractivity contribution is 0.209. The van der Waals surface area contributed by atoms with Crippen molar-refractivity contribution < 1.29 is 0 Å². The fourth-order valence-electron chi connectivity index (χ4n) is 5.50. The fourth-order valence-corrected chi connectivity index (χ4v) is 5.78. The molecule has 0 amide bonds. The van der Waals surface area contributed by atoms with E-state index in [0.29, 0.717) is 40.3 Å². The molecule has 1 fully saturated rings. The summed E-state index contributed by atoms with van der Waals surface area (Å²) in [5.41, 5.74) is 5.69. The first-order valence-corrected chi connectivity index (χ1v) is 14.5. The Morgan fingerprint density at radius 3 is 2.44 bits per heavy atom. The maximum atomic E-state index is 13.6. The van der Waals surface area contributed by atoms with Gasteiger partial charge in [-0.15, -0.1) is 0 Å². The van der Waals surface area contributed by atoms with E-state index < -0.39 is 0 Å². The van der Waals surface area contributed by atoms with Gasteiger partial charge in [0.15, 0.2) is 0 Å². The molecule has 41 heavy (non-hydrogen) atoms. The second-order valence-corrected chi connectivity index (χ2v) is 11.1. The van der Waals surface area contributed by atoms with Crippen molar-refractivity contribution in [3.8, 4) is 22.4 Å². The summed E-state index contributed by atoms with van der Waals surface area (Å²) in [6.07, 6.45) is 3.62. The van der Waals surface area contributed by atoms with Gasteiger partial charge in [0.2, 0.25) is 5.95 Å². The maximum absolute atomic E-state index is 13.6. The molecule has 0 bridgehead atoms. The number of anilines is 3. The number of aromatic nitrogens is 4. The molecule has 0 atom stereocenters. The standard InChI is InChI=1S/C32H34ClN7O/c1-4-40-30-23(18-27(31(40)41)26-12-7-22(19-28(26)33)29-6-5-13-34-29)20-35-32(37-30)36-24-8-10-25(11-9-24)39-16-14-38(15-17-39)21(2)3/h5-13,18-21,34H,4,14-17H2,1-3H3,(H,35,36,37). The Kier molecular flexibility index (Phi) is 7.51. The number of pyridine rings is 1. The molecule has 0 radical (unpaired) electrons. The lowest BCUT2D eigenvalue weighted by atomic mass is 10.0. The number of benzene rings is 2. The molecule has 1 aliphatic rings. The minimum atomic E-state index is -0.138. The van der Waals surface area contributed by atoms with Gasteiger partial charge in [-0.2, -0.15) is 4.98 Å². The highest BCUT2D eigenvalue weighted by Gasteiger charge is 2.19. The highest BCUT2D eigenvalue weighted by Crippen LogP contribution is 2.32. The quantitative estimate of drug-likeness (QED) is 0.237. The Labute approximate surface area is 244 Å². The van der Waals surface area contributed by atoms with Gasteiger partial charge in [0, 0.05) is 89.8 Å². The smallest absolute Gasteiger partial charge is 0.260 e. The van der Waals surface area contributed by atoms with Crippen LogP contribution in [0.25, 0.3) is 33.4 Å². The molecule has 4 heterocycles. The minimum Gasteiger partial charge on any atom is -0.369 e. The summed E-state index contributed by atoms with van der Waals surface area (Å²) in [6.45, 7) is 11.1. The lowest BCUT2D eigenvalue weighted by Gasteiger charge is -2.38. The topological polar surface area (TPSA) is 82.1 Å². The third-order valence-electron chi connectivity index (χ3n) is 7.84. The Bertz CT molecular complexity index is 1720. The molecule has 3 aromatic heterocycles.